The lowest BCUT2D eigenvalue weighted by atomic mass is 10.0. The Balaban J connectivity index is 1.29. The maximum absolute atomic E-state index is 10.1. The van der Waals surface area contributed by atoms with Crippen molar-refractivity contribution in [2.45, 2.75) is 0 Å². The zero-order valence-electron chi connectivity index (χ0n) is 50.4. The highest BCUT2D eigenvalue weighted by atomic mass is 15.1. The molecule has 0 bridgehead atoms. The maximum atomic E-state index is 10.1. The van der Waals surface area contributed by atoms with Gasteiger partial charge in [-0.2, -0.15) is 0 Å². The summed E-state index contributed by atoms with van der Waals surface area (Å²) < 4.78 is 199. The lowest BCUT2D eigenvalue weighted by Gasteiger charge is -2.15. The monoisotopic (exact) mass is 746 g/mol. The smallest absolute Gasteiger partial charge is 0.0782 e. The number of rotatable bonds is 5. The predicted octanol–water partition coefficient (Wildman–Crippen LogP) is 14.3. The van der Waals surface area contributed by atoms with Crippen LogP contribution in [-0.2, 0) is 0 Å². The first kappa shape index (κ1) is 17.5. The Labute approximate surface area is 359 Å². The molecule has 0 atom stereocenters. The largest absolute Gasteiger partial charge is 0.309 e. The number of hydrogen-bond donors (Lipinski definition) is 0. The van der Waals surface area contributed by atoms with Crippen molar-refractivity contribution in [2.75, 3.05) is 0 Å². The van der Waals surface area contributed by atoms with Crippen LogP contribution in [0.2, 0.25) is 0 Å². The Morgan fingerprint density at radius 2 is 0.754 bits per heavy atom. The third-order valence-electron chi connectivity index (χ3n) is 10.2. The van der Waals surface area contributed by atoms with E-state index in [0.29, 0.717) is 5.69 Å². The number of benzene rings is 9. The van der Waals surface area contributed by atoms with E-state index in [1.54, 1.807) is 54.6 Å². The molecule has 3 aromatic heterocycles. The van der Waals surface area contributed by atoms with E-state index in [2.05, 4.69) is 0 Å². The number of aromatic nitrogens is 3. The molecule has 0 saturated heterocycles. The zero-order valence-corrected chi connectivity index (χ0v) is 29.4. The summed E-state index contributed by atoms with van der Waals surface area (Å²) in [6.07, 6.45) is 0. The lowest BCUT2D eigenvalue weighted by molar-refractivity contribution is 1.13. The molecule has 12 aromatic rings. The van der Waals surface area contributed by atoms with Crippen LogP contribution < -0.4 is 0 Å². The van der Waals surface area contributed by atoms with Crippen LogP contribution in [0.1, 0.15) is 28.8 Å². The van der Waals surface area contributed by atoms with Crippen LogP contribution in [-0.4, -0.2) is 13.7 Å². The summed E-state index contributed by atoms with van der Waals surface area (Å²) in [4.78, 5) is 0. The van der Waals surface area contributed by atoms with Gasteiger partial charge in [-0.1, -0.05) is 139 Å². The van der Waals surface area contributed by atoms with E-state index in [9.17, 15) is 17.8 Å². The van der Waals surface area contributed by atoms with Gasteiger partial charge in [0.05, 0.1) is 67.6 Å². The first-order valence-corrected chi connectivity index (χ1v) is 17.9. The minimum atomic E-state index is -0.871. The average Bonchev–Trinajstić information content (AvgIpc) is 3.68. The van der Waals surface area contributed by atoms with Crippen molar-refractivity contribution in [2.24, 2.45) is 0 Å². The summed E-state index contributed by atoms with van der Waals surface area (Å²) in [7, 11) is 0. The Hall–Kier alpha value is -7.62. The average molecular weight is 747 g/mol. The molecule has 3 nitrogen and oxygen atoms in total. The quantitative estimate of drug-likeness (QED) is 0.167. The molecular weight excluding hydrogens is 691 g/mol. The van der Waals surface area contributed by atoms with Gasteiger partial charge in [-0.3, -0.25) is 0 Å². The number of para-hydroxylation sites is 5. The van der Waals surface area contributed by atoms with Gasteiger partial charge in [0.1, 0.15) is 0 Å². The summed E-state index contributed by atoms with van der Waals surface area (Å²) in [5.74, 6) is 0. The van der Waals surface area contributed by atoms with E-state index in [-0.39, 0.29) is 49.3 Å². The fourth-order valence-corrected chi connectivity index (χ4v) is 7.75. The highest BCUT2D eigenvalue weighted by Crippen LogP contribution is 2.42. The van der Waals surface area contributed by atoms with E-state index in [1.165, 1.54) is 9.13 Å². The first-order chi connectivity index (χ1) is 37.1. The molecule has 0 radical (unpaired) electrons. The first-order valence-electron chi connectivity index (χ1n) is 28.4. The standard InChI is InChI=1S/C54H35N3/c1-3-14-36(15-4-1)37-26-30-41(31-27-37)56-49-23-11-7-18-42(49)45-21-13-25-53(54(45)56)57-50-24-12-9-20-44(50)47-35-39(29-33-52(47)57)38-28-32-51-46(34-38)43-19-8-10-22-48(43)55(51)40-16-5-2-6-17-40/h1-35H/i7D,8D,9D,10D,11D,12D,13D,18D,19D,20D,21D,22D,23D,24D,25D,28D,29D,32D,33D,34D,35D. The highest BCUT2D eigenvalue weighted by Gasteiger charge is 2.21. The van der Waals surface area contributed by atoms with Gasteiger partial charge >= 0.3 is 0 Å². The summed E-state index contributed by atoms with van der Waals surface area (Å²) >= 11 is 0. The molecule has 0 saturated carbocycles. The molecule has 0 N–H and O–H groups in total. The molecule has 266 valence electrons. The van der Waals surface area contributed by atoms with Gasteiger partial charge in [0, 0.05) is 43.7 Å². The third kappa shape index (κ3) is 4.79. The van der Waals surface area contributed by atoms with E-state index in [4.69, 9.17) is 11.0 Å². The molecule has 0 unspecified atom stereocenters. The van der Waals surface area contributed by atoms with Gasteiger partial charge in [0.25, 0.3) is 0 Å². The van der Waals surface area contributed by atoms with Crippen molar-refractivity contribution in [3.63, 3.8) is 0 Å². The van der Waals surface area contributed by atoms with Crippen LogP contribution in [0, 0.1) is 0 Å². The second-order valence-corrected chi connectivity index (χ2v) is 13.3. The third-order valence-corrected chi connectivity index (χ3v) is 10.2. The Bertz CT molecular complexity index is 4720. The van der Waals surface area contributed by atoms with Crippen molar-refractivity contribution in [1.82, 2.24) is 13.7 Å². The molecule has 0 spiro atoms. The Morgan fingerprint density at radius 1 is 0.298 bits per heavy atom. The van der Waals surface area contributed by atoms with Crippen molar-refractivity contribution in [3.05, 3.63) is 212 Å². The highest BCUT2D eigenvalue weighted by molar-refractivity contribution is 6.16. The van der Waals surface area contributed by atoms with Gasteiger partial charge in [-0.05, 0) is 94.9 Å². The topological polar surface area (TPSA) is 14.8 Å². The molecule has 0 aliphatic heterocycles. The van der Waals surface area contributed by atoms with Gasteiger partial charge in [-0.15, -0.1) is 0 Å². The molecular formula is C54H35N3. The SMILES string of the molecule is [2H]c1c([2H])c([2H])c2c(c1[2H])c1c([2H])c(-c3c([2H])c([2H])c4c(c3[2H])c3c([2H])c([2H])c([2H])c([2H])c3n4-c3c([2H])c([2H])c([2H])c4c5c([2H])c([2H])c([2H])c([2H])c5n(-c5ccc(-c6ccccc6)cc5)c34)c([2H])c([2H])c1n2-c1ccccc1. The minimum absolute atomic E-state index is 0.129. The molecule has 12 rings (SSSR count). The number of nitrogens with zero attached hydrogens (tertiary/aromatic N) is 3. The second-order valence-electron chi connectivity index (χ2n) is 13.3. The molecule has 3 heterocycles. The maximum Gasteiger partial charge on any atom is 0.0782 e. The fraction of sp³-hybridized carbons (Fsp3) is 0. The Kier molecular flexibility index (Phi) is 3.81. The van der Waals surface area contributed by atoms with Gasteiger partial charge < -0.3 is 13.7 Å². The fourth-order valence-electron chi connectivity index (χ4n) is 7.75. The summed E-state index contributed by atoms with van der Waals surface area (Å²) in [6, 6.07) is 9.49. The molecule has 0 aliphatic rings. The van der Waals surface area contributed by atoms with E-state index < -0.39 is 166 Å². The summed E-state index contributed by atoms with van der Waals surface area (Å²) in [5.41, 5.74) is -1.25. The van der Waals surface area contributed by atoms with Crippen molar-refractivity contribution >= 4 is 65.4 Å². The molecule has 57 heavy (non-hydrogen) atoms. The van der Waals surface area contributed by atoms with Crippen molar-refractivity contribution < 1.29 is 28.8 Å². The van der Waals surface area contributed by atoms with Crippen LogP contribution in [0.15, 0.2) is 212 Å². The predicted molar refractivity (Wildman–Crippen MR) is 240 cm³/mol. The number of fused-ring (bicyclic) bond motifs is 9. The van der Waals surface area contributed by atoms with Gasteiger partial charge in [0.2, 0.25) is 0 Å². The summed E-state index contributed by atoms with van der Waals surface area (Å²) in [5, 5.41) is -1.85. The Morgan fingerprint density at radius 3 is 1.39 bits per heavy atom. The molecule has 0 aliphatic carbocycles. The number of hydrogen-bond acceptors (Lipinski definition) is 0. The summed E-state index contributed by atoms with van der Waals surface area (Å²) in [6.45, 7) is 0. The molecule has 9 aromatic carbocycles. The van der Waals surface area contributed by atoms with Crippen LogP contribution in [0.25, 0.3) is 105 Å². The normalized spacial score (nSPS) is 17.0. The minimum Gasteiger partial charge on any atom is -0.309 e. The van der Waals surface area contributed by atoms with E-state index >= 15 is 0 Å². The van der Waals surface area contributed by atoms with Crippen LogP contribution in [0.5, 0.6) is 0 Å². The second kappa shape index (κ2) is 12.5. The van der Waals surface area contributed by atoms with E-state index in [1.807, 2.05) is 30.3 Å². The lowest BCUT2D eigenvalue weighted by Crippen LogP contribution is -2.00. The molecule has 0 amide bonds. The van der Waals surface area contributed by atoms with Crippen LogP contribution in [0.3, 0.4) is 0 Å². The van der Waals surface area contributed by atoms with Crippen molar-refractivity contribution in [3.8, 4) is 39.3 Å². The van der Waals surface area contributed by atoms with Crippen LogP contribution in [0.4, 0.5) is 0 Å². The zero-order chi connectivity index (χ0) is 55.7. The molecule has 0 fully saturated rings. The van der Waals surface area contributed by atoms with Crippen molar-refractivity contribution in [1.29, 1.82) is 0 Å². The van der Waals surface area contributed by atoms with Crippen LogP contribution >= 0.6 is 0 Å². The van der Waals surface area contributed by atoms with Gasteiger partial charge in [0.15, 0.2) is 0 Å². The van der Waals surface area contributed by atoms with Gasteiger partial charge in [-0.25, -0.2) is 0 Å². The van der Waals surface area contributed by atoms with E-state index in [0.717, 1.165) is 15.7 Å². The molecule has 3 heteroatoms.